The van der Waals surface area contributed by atoms with Gasteiger partial charge in [0.15, 0.2) is 0 Å². The van der Waals surface area contributed by atoms with Crippen molar-refractivity contribution in [2.24, 2.45) is 0 Å². The van der Waals surface area contributed by atoms with Crippen molar-refractivity contribution in [1.29, 1.82) is 0 Å². The summed E-state index contributed by atoms with van der Waals surface area (Å²) in [5, 5.41) is 4.39. The largest absolute Gasteiger partial charge is 0.309 e. The Morgan fingerprint density at radius 1 is 0.944 bits per heavy atom. The predicted octanol–water partition coefficient (Wildman–Crippen LogP) is 4.42. The molecule has 2 aromatic carbocycles. The van der Waals surface area contributed by atoms with E-state index in [1.54, 1.807) is 6.07 Å². The van der Waals surface area contributed by atoms with Crippen LogP contribution >= 0.6 is 23.2 Å². The van der Waals surface area contributed by atoms with Gasteiger partial charge in [-0.25, -0.2) is 4.39 Å². The van der Waals surface area contributed by atoms with Crippen molar-refractivity contribution in [1.82, 2.24) is 5.32 Å². The fourth-order valence-corrected chi connectivity index (χ4v) is 2.07. The summed E-state index contributed by atoms with van der Waals surface area (Å²) in [6.45, 7) is 1.06. The molecule has 0 aliphatic carbocycles. The molecular formula is C14H12Cl2FN. The molecule has 2 aromatic rings. The van der Waals surface area contributed by atoms with Gasteiger partial charge in [-0.3, -0.25) is 0 Å². The van der Waals surface area contributed by atoms with Gasteiger partial charge >= 0.3 is 0 Å². The maximum absolute atomic E-state index is 13.4. The van der Waals surface area contributed by atoms with Crippen molar-refractivity contribution in [2.45, 2.75) is 13.1 Å². The lowest BCUT2D eigenvalue weighted by Gasteiger charge is -2.07. The van der Waals surface area contributed by atoms with Crippen LogP contribution in [-0.2, 0) is 13.1 Å². The SMILES string of the molecule is Fc1ccc(Cl)cc1CNCc1cccc(Cl)c1. The monoisotopic (exact) mass is 283 g/mol. The first-order valence-corrected chi connectivity index (χ1v) is 6.30. The van der Waals surface area contributed by atoms with Gasteiger partial charge in [-0.1, -0.05) is 35.3 Å². The molecule has 4 heteroatoms. The number of rotatable bonds is 4. The summed E-state index contributed by atoms with van der Waals surface area (Å²) in [5.41, 5.74) is 1.62. The van der Waals surface area contributed by atoms with Gasteiger partial charge in [0.05, 0.1) is 0 Å². The number of nitrogens with one attached hydrogen (secondary N) is 1. The second-order valence-electron chi connectivity index (χ2n) is 3.97. The second kappa shape index (κ2) is 6.19. The van der Waals surface area contributed by atoms with Crippen molar-refractivity contribution in [3.05, 3.63) is 69.5 Å². The summed E-state index contributed by atoms with van der Waals surface area (Å²) in [6, 6.07) is 12.1. The van der Waals surface area contributed by atoms with Gasteiger partial charge in [0.2, 0.25) is 0 Å². The Hall–Kier alpha value is -1.09. The summed E-state index contributed by atoms with van der Waals surface area (Å²) in [6.07, 6.45) is 0. The average molecular weight is 284 g/mol. The van der Waals surface area contributed by atoms with E-state index in [1.165, 1.54) is 12.1 Å². The van der Waals surface area contributed by atoms with Gasteiger partial charge in [-0.15, -0.1) is 0 Å². The van der Waals surface area contributed by atoms with E-state index in [4.69, 9.17) is 23.2 Å². The first-order valence-electron chi connectivity index (χ1n) is 5.54. The van der Waals surface area contributed by atoms with Gasteiger partial charge in [0.1, 0.15) is 5.82 Å². The Balaban J connectivity index is 1.94. The first kappa shape index (κ1) is 13.3. The molecule has 0 radical (unpaired) electrons. The zero-order chi connectivity index (χ0) is 13.0. The standard InChI is InChI=1S/C14H12Cl2FN/c15-12-3-1-2-10(6-12)8-18-9-11-7-13(16)4-5-14(11)17/h1-7,18H,8-9H2. The summed E-state index contributed by atoms with van der Waals surface area (Å²) < 4.78 is 13.4. The van der Waals surface area contributed by atoms with E-state index < -0.39 is 0 Å². The Labute approximate surface area is 116 Å². The van der Waals surface area contributed by atoms with E-state index in [0.717, 1.165) is 5.56 Å². The topological polar surface area (TPSA) is 12.0 Å². The van der Waals surface area contributed by atoms with Crippen LogP contribution in [0, 0.1) is 5.82 Å². The molecule has 0 saturated heterocycles. The van der Waals surface area contributed by atoms with Crippen molar-refractivity contribution < 1.29 is 4.39 Å². The first-order chi connectivity index (χ1) is 8.65. The second-order valence-corrected chi connectivity index (χ2v) is 4.84. The number of hydrogen-bond acceptors (Lipinski definition) is 1. The van der Waals surface area contributed by atoms with Gasteiger partial charge in [-0.05, 0) is 35.9 Å². The molecule has 0 amide bonds. The van der Waals surface area contributed by atoms with Crippen LogP contribution in [0.15, 0.2) is 42.5 Å². The molecule has 0 spiro atoms. The van der Waals surface area contributed by atoms with E-state index in [1.807, 2.05) is 24.3 Å². The summed E-state index contributed by atoms with van der Waals surface area (Å²) in [5.74, 6) is -0.252. The van der Waals surface area contributed by atoms with Crippen LogP contribution in [-0.4, -0.2) is 0 Å². The maximum atomic E-state index is 13.4. The van der Waals surface area contributed by atoms with Gasteiger partial charge < -0.3 is 5.32 Å². The Morgan fingerprint density at radius 3 is 2.50 bits per heavy atom. The third kappa shape index (κ3) is 3.70. The molecule has 0 bridgehead atoms. The van der Waals surface area contributed by atoms with Crippen molar-refractivity contribution in [2.75, 3.05) is 0 Å². The summed E-state index contributed by atoms with van der Waals surface area (Å²) in [7, 11) is 0. The van der Waals surface area contributed by atoms with E-state index >= 15 is 0 Å². The molecule has 94 valence electrons. The Bertz CT molecular complexity index is 543. The molecule has 0 aliphatic heterocycles. The molecular weight excluding hydrogens is 272 g/mol. The minimum atomic E-state index is -0.252. The predicted molar refractivity (Wildman–Crippen MR) is 73.4 cm³/mol. The van der Waals surface area contributed by atoms with Crippen molar-refractivity contribution in [3.8, 4) is 0 Å². The smallest absolute Gasteiger partial charge is 0.127 e. The highest BCUT2D eigenvalue weighted by molar-refractivity contribution is 6.30. The van der Waals surface area contributed by atoms with Crippen LogP contribution in [0.5, 0.6) is 0 Å². The number of halogens is 3. The molecule has 0 fully saturated rings. The summed E-state index contributed by atoms with van der Waals surface area (Å²) in [4.78, 5) is 0. The minimum Gasteiger partial charge on any atom is -0.309 e. The van der Waals surface area contributed by atoms with Gasteiger partial charge in [0, 0.05) is 28.7 Å². The molecule has 0 saturated carbocycles. The molecule has 0 atom stereocenters. The normalized spacial score (nSPS) is 10.6. The average Bonchev–Trinajstić information content (AvgIpc) is 2.34. The van der Waals surface area contributed by atoms with E-state index in [0.29, 0.717) is 28.7 Å². The van der Waals surface area contributed by atoms with E-state index in [2.05, 4.69) is 5.32 Å². The molecule has 2 rings (SSSR count). The fourth-order valence-electron chi connectivity index (χ4n) is 1.67. The lowest BCUT2D eigenvalue weighted by atomic mass is 10.2. The minimum absolute atomic E-state index is 0.252. The van der Waals surface area contributed by atoms with E-state index in [9.17, 15) is 4.39 Å². The van der Waals surface area contributed by atoms with Crippen LogP contribution < -0.4 is 5.32 Å². The highest BCUT2D eigenvalue weighted by atomic mass is 35.5. The van der Waals surface area contributed by atoms with Gasteiger partial charge in [0.25, 0.3) is 0 Å². The van der Waals surface area contributed by atoms with Crippen LogP contribution in [0.3, 0.4) is 0 Å². The molecule has 18 heavy (non-hydrogen) atoms. The lowest BCUT2D eigenvalue weighted by molar-refractivity contribution is 0.588. The summed E-state index contributed by atoms with van der Waals surface area (Å²) >= 11 is 11.7. The van der Waals surface area contributed by atoms with Crippen LogP contribution in [0.2, 0.25) is 10.0 Å². The van der Waals surface area contributed by atoms with Crippen molar-refractivity contribution >= 4 is 23.2 Å². The Morgan fingerprint density at radius 2 is 1.72 bits per heavy atom. The lowest BCUT2D eigenvalue weighted by Crippen LogP contribution is -2.13. The quantitative estimate of drug-likeness (QED) is 0.876. The Kier molecular flexibility index (Phi) is 4.59. The number of benzene rings is 2. The number of hydrogen-bond donors (Lipinski definition) is 1. The third-order valence-corrected chi connectivity index (χ3v) is 3.01. The van der Waals surface area contributed by atoms with Gasteiger partial charge in [-0.2, -0.15) is 0 Å². The van der Waals surface area contributed by atoms with Crippen molar-refractivity contribution in [3.63, 3.8) is 0 Å². The highest BCUT2D eigenvalue weighted by Gasteiger charge is 2.02. The highest BCUT2D eigenvalue weighted by Crippen LogP contribution is 2.15. The molecule has 0 unspecified atom stereocenters. The molecule has 1 N–H and O–H groups in total. The molecule has 0 heterocycles. The van der Waals surface area contributed by atoms with Crippen LogP contribution in [0.25, 0.3) is 0 Å². The fraction of sp³-hybridized carbons (Fsp3) is 0.143. The van der Waals surface area contributed by atoms with Crippen LogP contribution in [0.1, 0.15) is 11.1 Å². The molecule has 0 aromatic heterocycles. The maximum Gasteiger partial charge on any atom is 0.127 e. The zero-order valence-corrected chi connectivity index (χ0v) is 11.1. The molecule has 1 nitrogen and oxygen atoms in total. The van der Waals surface area contributed by atoms with E-state index in [-0.39, 0.29) is 5.82 Å². The van der Waals surface area contributed by atoms with Crippen LogP contribution in [0.4, 0.5) is 4.39 Å². The third-order valence-electron chi connectivity index (χ3n) is 2.54. The molecule has 0 aliphatic rings. The zero-order valence-electron chi connectivity index (χ0n) is 9.59.